The first-order chi connectivity index (χ1) is 16.8. The average Bonchev–Trinajstić information content (AvgIpc) is 3.54. The number of rotatable bonds is 5. The van der Waals surface area contributed by atoms with E-state index in [-0.39, 0.29) is 17.2 Å². The van der Waals surface area contributed by atoms with E-state index >= 15 is 0 Å². The summed E-state index contributed by atoms with van der Waals surface area (Å²) in [6.07, 6.45) is 3.53. The molecule has 5 rings (SSSR count). The van der Waals surface area contributed by atoms with Crippen molar-refractivity contribution in [3.63, 3.8) is 0 Å². The van der Waals surface area contributed by atoms with Gasteiger partial charge in [0.15, 0.2) is 10.8 Å². The molecule has 2 saturated heterocycles. The van der Waals surface area contributed by atoms with Gasteiger partial charge in [-0.1, -0.05) is 17.7 Å². The molecule has 2 atom stereocenters. The third-order valence-corrected chi connectivity index (χ3v) is 7.02. The van der Waals surface area contributed by atoms with Crippen LogP contribution in [-0.2, 0) is 4.74 Å². The van der Waals surface area contributed by atoms with E-state index in [0.29, 0.717) is 40.6 Å². The molecule has 1 aromatic heterocycles. The van der Waals surface area contributed by atoms with Gasteiger partial charge in [-0.25, -0.2) is 19.2 Å². The molecule has 8 nitrogen and oxygen atoms in total. The maximum absolute atomic E-state index is 13.9. The molecule has 35 heavy (non-hydrogen) atoms. The Morgan fingerprint density at radius 3 is 2.91 bits per heavy atom. The van der Waals surface area contributed by atoms with Crippen molar-refractivity contribution in [2.45, 2.75) is 24.6 Å². The molecule has 3 aliphatic heterocycles. The van der Waals surface area contributed by atoms with Gasteiger partial charge in [0.05, 0.1) is 6.54 Å². The highest BCUT2D eigenvalue weighted by molar-refractivity contribution is 7.11. The van der Waals surface area contributed by atoms with Gasteiger partial charge >= 0.3 is 12.6 Å². The number of alkyl halides is 2. The summed E-state index contributed by atoms with van der Waals surface area (Å²) >= 11 is 7.78. The van der Waals surface area contributed by atoms with Crippen molar-refractivity contribution in [1.29, 1.82) is 0 Å². The first-order valence-electron chi connectivity index (χ1n) is 10.4. The minimum Gasteiger partial charge on any atom is -0.447 e. The zero-order chi connectivity index (χ0) is 24.7. The van der Waals surface area contributed by atoms with Crippen molar-refractivity contribution in [2.24, 2.45) is 15.7 Å². The van der Waals surface area contributed by atoms with Crippen LogP contribution in [0.3, 0.4) is 0 Å². The van der Waals surface area contributed by atoms with Crippen molar-refractivity contribution in [3.05, 3.63) is 74.2 Å². The van der Waals surface area contributed by atoms with Gasteiger partial charge < -0.3 is 20.7 Å². The first-order valence-corrected chi connectivity index (χ1v) is 11.7. The Hall–Kier alpha value is -3.38. The number of aliphatic imine (C=N–C) groups is 2. The number of aromatic nitrogens is 1. The van der Waals surface area contributed by atoms with Gasteiger partial charge in [-0.05, 0) is 17.7 Å². The largest absolute Gasteiger partial charge is 0.447 e. The smallest absolute Gasteiger partial charge is 0.407 e. The summed E-state index contributed by atoms with van der Waals surface area (Å²) in [4.78, 5) is 26.3. The van der Waals surface area contributed by atoms with E-state index in [0.717, 1.165) is 18.5 Å². The molecule has 2 aromatic rings. The molecule has 1 amide bonds. The number of nitrogens with one attached hydrogen (secondary N) is 1. The third kappa shape index (κ3) is 4.27. The molecule has 0 saturated carbocycles. The molecule has 0 radical (unpaired) electrons. The summed E-state index contributed by atoms with van der Waals surface area (Å²) in [5.41, 5.74) is 6.87. The van der Waals surface area contributed by atoms with Crippen molar-refractivity contribution in [1.82, 2.24) is 15.2 Å². The van der Waals surface area contributed by atoms with E-state index in [1.54, 1.807) is 11.6 Å². The summed E-state index contributed by atoms with van der Waals surface area (Å²) in [6, 6.07) is 3.06. The maximum atomic E-state index is 13.9. The lowest BCUT2D eigenvalue weighted by molar-refractivity contribution is 0.160. The summed E-state index contributed by atoms with van der Waals surface area (Å²) in [5.74, 6) is -0.0293. The number of carbonyl (C=O) groups excluding carboxylic acids is 1. The molecular weight excluding hydrogens is 505 g/mol. The summed E-state index contributed by atoms with van der Waals surface area (Å²) < 4.78 is 45.0. The number of fused-ring (bicyclic) bond motifs is 1. The molecule has 2 fully saturated rings. The number of amides is 1. The second kappa shape index (κ2) is 9.00. The van der Waals surface area contributed by atoms with Crippen LogP contribution in [0.2, 0.25) is 5.02 Å². The van der Waals surface area contributed by atoms with Crippen molar-refractivity contribution < 1.29 is 22.7 Å². The number of nitrogens with two attached hydrogens (primary N) is 1. The summed E-state index contributed by atoms with van der Waals surface area (Å²) in [5, 5.41) is 5.37. The lowest BCUT2D eigenvalue weighted by atomic mass is 9.88. The van der Waals surface area contributed by atoms with Crippen LogP contribution in [0.15, 0.2) is 62.8 Å². The van der Waals surface area contributed by atoms with Crippen LogP contribution in [0.25, 0.3) is 0 Å². The van der Waals surface area contributed by atoms with E-state index in [2.05, 4.69) is 15.3 Å². The normalized spacial score (nSPS) is 24.4. The monoisotopic (exact) mass is 522 g/mol. The van der Waals surface area contributed by atoms with Crippen molar-refractivity contribution >= 4 is 41.1 Å². The topological polar surface area (TPSA) is 105 Å². The Balaban J connectivity index is 1.74. The highest BCUT2D eigenvalue weighted by Crippen LogP contribution is 2.47. The summed E-state index contributed by atoms with van der Waals surface area (Å²) in [7, 11) is 0. The molecule has 3 aliphatic rings. The standard InChI is InChI=1S/C22H18ClF3N6O2S/c23-14-5-12(24)1-2-13(14)17-16(11(7-27)8-29-20(25)26)15-6-22(10-34-21(33)31-22)9-32(15)18(30-17)19-28-3-4-35-19/h1-5,7-8,17,20H,6,9-10,27H2,(H,31,33)/t17-,22+/m0/s1. The van der Waals surface area contributed by atoms with Crippen LogP contribution >= 0.6 is 22.9 Å². The maximum Gasteiger partial charge on any atom is 0.407 e. The highest BCUT2D eigenvalue weighted by atomic mass is 35.5. The van der Waals surface area contributed by atoms with Crippen molar-refractivity contribution in [3.8, 4) is 0 Å². The zero-order valence-corrected chi connectivity index (χ0v) is 19.5. The quantitative estimate of drug-likeness (QED) is 0.456. The molecule has 182 valence electrons. The Labute approximate surface area is 206 Å². The molecular formula is C22H18ClF3N6O2S. The Morgan fingerprint density at radius 2 is 2.29 bits per heavy atom. The van der Waals surface area contributed by atoms with Gasteiger partial charge in [0, 0.05) is 52.3 Å². The number of ether oxygens (including phenoxy) is 1. The first kappa shape index (κ1) is 23.4. The average molecular weight is 523 g/mol. The van der Waals surface area contributed by atoms with Gasteiger partial charge in [-0.3, -0.25) is 4.99 Å². The van der Waals surface area contributed by atoms with Gasteiger partial charge in [0.1, 0.15) is 24.0 Å². The van der Waals surface area contributed by atoms with E-state index in [1.165, 1.54) is 23.5 Å². The second-order valence-corrected chi connectivity index (χ2v) is 9.44. The van der Waals surface area contributed by atoms with Crippen molar-refractivity contribution in [2.75, 3.05) is 13.2 Å². The second-order valence-electron chi connectivity index (χ2n) is 8.14. The van der Waals surface area contributed by atoms with E-state index in [1.807, 2.05) is 4.90 Å². The molecule has 3 N–H and O–H groups in total. The van der Waals surface area contributed by atoms with E-state index in [4.69, 9.17) is 27.1 Å². The van der Waals surface area contributed by atoms with E-state index in [9.17, 15) is 18.0 Å². The molecule has 0 unspecified atom stereocenters. The number of cyclic esters (lactones) is 1. The van der Waals surface area contributed by atoms with Crippen LogP contribution < -0.4 is 11.1 Å². The number of hydrogen-bond acceptors (Lipinski definition) is 8. The number of benzene rings is 1. The van der Waals surface area contributed by atoms with Gasteiger partial charge in [0.2, 0.25) is 0 Å². The minimum atomic E-state index is -2.95. The van der Waals surface area contributed by atoms with E-state index < -0.39 is 30.0 Å². The van der Waals surface area contributed by atoms with Crippen LogP contribution in [0, 0.1) is 5.82 Å². The molecule has 1 spiro atoms. The zero-order valence-electron chi connectivity index (χ0n) is 17.9. The van der Waals surface area contributed by atoms with Gasteiger partial charge in [0.25, 0.3) is 0 Å². The van der Waals surface area contributed by atoms with Crippen LogP contribution in [0.5, 0.6) is 0 Å². The molecule has 0 bridgehead atoms. The number of alkyl carbamates (subject to hydrolysis) is 1. The Morgan fingerprint density at radius 1 is 1.46 bits per heavy atom. The third-order valence-electron chi connectivity index (χ3n) is 5.93. The number of carbonyl (C=O) groups is 1. The minimum absolute atomic E-state index is 0.108. The number of halogens is 4. The van der Waals surface area contributed by atoms with Gasteiger partial charge in [-0.15, -0.1) is 11.3 Å². The SMILES string of the molecule is NC=C(C=NC(F)F)C1=C2C[C@]3(COC(=O)N3)CN2C(c2nccs2)=N[C@H]1c1ccc(F)cc1Cl. The lowest BCUT2D eigenvalue weighted by Gasteiger charge is -2.33. The molecule has 0 aliphatic carbocycles. The predicted molar refractivity (Wildman–Crippen MR) is 125 cm³/mol. The lowest BCUT2D eigenvalue weighted by Crippen LogP contribution is -2.46. The molecule has 13 heteroatoms. The highest BCUT2D eigenvalue weighted by Gasteiger charge is 2.51. The molecule has 4 heterocycles. The fourth-order valence-corrected chi connectivity index (χ4v) is 5.43. The predicted octanol–water partition coefficient (Wildman–Crippen LogP) is 4.01. The number of amidine groups is 1. The number of hydrogen-bond donors (Lipinski definition) is 2. The van der Waals surface area contributed by atoms with Crippen LogP contribution in [0.4, 0.5) is 18.0 Å². The number of nitrogens with zero attached hydrogens (tertiary/aromatic N) is 4. The fourth-order valence-electron chi connectivity index (χ4n) is 4.52. The van der Waals surface area contributed by atoms with Crippen LogP contribution in [0.1, 0.15) is 23.0 Å². The Kier molecular flexibility index (Phi) is 6.01. The van der Waals surface area contributed by atoms with Crippen LogP contribution in [-0.4, -0.2) is 53.3 Å². The number of thiazole rings is 1. The Bertz CT molecular complexity index is 1300. The fraction of sp³-hybridized carbons (Fsp3) is 0.273. The molecule has 1 aromatic carbocycles. The summed E-state index contributed by atoms with van der Waals surface area (Å²) in [6.45, 7) is -2.53. The van der Waals surface area contributed by atoms with Gasteiger partial charge in [-0.2, -0.15) is 8.78 Å².